The van der Waals surface area contributed by atoms with E-state index in [1.807, 2.05) is 4.90 Å². The number of aliphatic hydroxyl groups is 1. The third-order valence-electron chi connectivity index (χ3n) is 2.98. The number of hydrogen-bond acceptors (Lipinski definition) is 4. The van der Waals surface area contributed by atoms with Gasteiger partial charge in [0, 0.05) is 45.1 Å². The highest BCUT2D eigenvalue weighted by atomic mass is 16.3. The summed E-state index contributed by atoms with van der Waals surface area (Å²) in [5.41, 5.74) is -0.684. The Morgan fingerprint density at radius 3 is 2.50 bits per heavy atom. The zero-order valence-electron chi connectivity index (χ0n) is 10.9. The Bertz CT molecular complexity index is 389. The van der Waals surface area contributed by atoms with Crippen molar-refractivity contribution >= 4 is 6.03 Å². The second kappa shape index (κ2) is 5.07. The van der Waals surface area contributed by atoms with Crippen LogP contribution in [0.5, 0.6) is 0 Å². The van der Waals surface area contributed by atoms with Crippen molar-refractivity contribution in [2.75, 3.05) is 32.7 Å². The van der Waals surface area contributed by atoms with E-state index < -0.39 is 5.60 Å². The number of rotatable bonds is 2. The number of amides is 1. The summed E-state index contributed by atoms with van der Waals surface area (Å²) >= 11 is 0. The molecule has 1 amide bonds. The van der Waals surface area contributed by atoms with Crippen molar-refractivity contribution in [1.29, 1.82) is 0 Å². The smallest absolute Gasteiger partial charge is 0.329 e. The average molecular weight is 252 g/mol. The van der Waals surface area contributed by atoms with Crippen molar-refractivity contribution in [1.82, 2.24) is 19.4 Å². The van der Waals surface area contributed by atoms with Gasteiger partial charge < -0.3 is 10.0 Å². The van der Waals surface area contributed by atoms with Gasteiger partial charge in [-0.3, -0.25) is 9.47 Å². The molecule has 1 N–H and O–H groups in total. The summed E-state index contributed by atoms with van der Waals surface area (Å²) in [6, 6.07) is -0.0320. The van der Waals surface area contributed by atoms with Crippen LogP contribution in [0.3, 0.4) is 0 Å². The Labute approximate surface area is 107 Å². The van der Waals surface area contributed by atoms with Crippen LogP contribution in [-0.2, 0) is 0 Å². The molecule has 0 spiro atoms. The largest absolute Gasteiger partial charge is 0.389 e. The van der Waals surface area contributed by atoms with Crippen molar-refractivity contribution in [2.45, 2.75) is 19.4 Å². The standard InChI is InChI=1S/C12H20N4O2/c1-12(2,18)9-14-5-7-15(8-6-14)11(17)16-4-3-13-10-16/h3-4,10,18H,5-9H2,1-2H3. The van der Waals surface area contributed by atoms with E-state index in [9.17, 15) is 9.90 Å². The lowest BCUT2D eigenvalue weighted by Crippen LogP contribution is -2.52. The molecule has 0 saturated carbocycles. The average Bonchev–Trinajstić information content (AvgIpc) is 2.80. The summed E-state index contributed by atoms with van der Waals surface area (Å²) < 4.78 is 1.49. The first-order chi connectivity index (χ1) is 8.46. The number of hydrogen-bond donors (Lipinski definition) is 1. The lowest BCUT2D eigenvalue weighted by molar-refractivity contribution is 0.0225. The van der Waals surface area contributed by atoms with Crippen LogP contribution in [0.1, 0.15) is 13.8 Å². The molecular weight excluding hydrogens is 232 g/mol. The lowest BCUT2D eigenvalue weighted by Gasteiger charge is -2.37. The molecule has 1 aliphatic heterocycles. The molecule has 0 aliphatic carbocycles. The summed E-state index contributed by atoms with van der Waals surface area (Å²) in [6.07, 6.45) is 4.78. The maximum absolute atomic E-state index is 12.0. The van der Waals surface area contributed by atoms with Crippen LogP contribution in [0.25, 0.3) is 0 Å². The highest BCUT2D eigenvalue weighted by Gasteiger charge is 2.25. The highest BCUT2D eigenvalue weighted by Crippen LogP contribution is 2.09. The third kappa shape index (κ3) is 3.30. The van der Waals surface area contributed by atoms with Gasteiger partial charge in [0.15, 0.2) is 0 Å². The number of β-amino-alcohol motifs (C(OH)–C–C–N with tert-alkyl or cyclic N) is 1. The Balaban J connectivity index is 1.85. The van der Waals surface area contributed by atoms with E-state index >= 15 is 0 Å². The van der Waals surface area contributed by atoms with E-state index in [0.717, 1.165) is 13.1 Å². The zero-order valence-corrected chi connectivity index (χ0v) is 10.9. The van der Waals surface area contributed by atoms with Gasteiger partial charge in [0.2, 0.25) is 0 Å². The van der Waals surface area contributed by atoms with Crippen molar-refractivity contribution in [3.05, 3.63) is 18.7 Å². The number of aromatic nitrogens is 2. The van der Waals surface area contributed by atoms with Crippen LogP contribution < -0.4 is 0 Å². The molecule has 1 aliphatic rings. The van der Waals surface area contributed by atoms with E-state index in [1.165, 1.54) is 10.9 Å². The van der Waals surface area contributed by atoms with E-state index in [4.69, 9.17) is 0 Å². The summed E-state index contributed by atoms with van der Waals surface area (Å²) in [4.78, 5) is 19.9. The minimum atomic E-state index is -0.684. The molecule has 0 bridgehead atoms. The summed E-state index contributed by atoms with van der Waals surface area (Å²) in [7, 11) is 0. The Morgan fingerprint density at radius 1 is 1.33 bits per heavy atom. The molecule has 0 atom stereocenters. The normalized spacial score (nSPS) is 18.1. The van der Waals surface area contributed by atoms with Crippen LogP contribution in [0.2, 0.25) is 0 Å². The SMILES string of the molecule is CC(C)(O)CN1CCN(C(=O)n2ccnc2)CC1. The van der Waals surface area contributed by atoms with Crippen molar-refractivity contribution < 1.29 is 9.90 Å². The quantitative estimate of drug-likeness (QED) is 0.819. The number of nitrogens with zero attached hydrogens (tertiary/aromatic N) is 4. The number of piperazine rings is 1. The van der Waals surface area contributed by atoms with Crippen LogP contribution >= 0.6 is 0 Å². The maximum atomic E-state index is 12.0. The van der Waals surface area contributed by atoms with Gasteiger partial charge in [-0.25, -0.2) is 9.78 Å². The molecule has 6 heteroatoms. The van der Waals surface area contributed by atoms with Gasteiger partial charge in [-0.05, 0) is 13.8 Å². The summed E-state index contributed by atoms with van der Waals surface area (Å²) in [5, 5.41) is 9.76. The Morgan fingerprint density at radius 2 is 2.00 bits per heavy atom. The Kier molecular flexibility index (Phi) is 3.68. The topological polar surface area (TPSA) is 61.6 Å². The van der Waals surface area contributed by atoms with Crippen molar-refractivity contribution in [3.63, 3.8) is 0 Å². The molecule has 1 saturated heterocycles. The third-order valence-corrected chi connectivity index (χ3v) is 2.98. The Hall–Kier alpha value is -1.40. The summed E-state index contributed by atoms with van der Waals surface area (Å²) in [6.45, 7) is 7.21. The van der Waals surface area contributed by atoms with Crippen LogP contribution in [-0.4, -0.2) is 68.8 Å². The fourth-order valence-electron chi connectivity index (χ4n) is 2.18. The molecule has 1 aromatic rings. The highest BCUT2D eigenvalue weighted by molar-refractivity contribution is 5.76. The van der Waals surface area contributed by atoms with E-state index in [1.54, 1.807) is 26.2 Å². The van der Waals surface area contributed by atoms with Gasteiger partial charge in [0.1, 0.15) is 6.33 Å². The maximum Gasteiger partial charge on any atom is 0.329 e. The van der Waals surface area contributed by atoms with Gasteiger partial charge in [0.05, 0.1) is 5.60 Å². The van der Waals surface area contributed by atoms with Crippen molar-refractivity contribution in [3.8, 4) is 0 Å². The van der Waals surface area contributed by atoms with E-state index in [0.29, 0.717) is 19.6 Å². The molecule has 0 aromatic carbocycles. The van der Waals surface area contributed by atoms with Crippen LogP contribution in [0.15, 0.2) is 18.7 Å². The fraction of sp³-hybridized carbons (Fsp3) is 0.667. The molecule has 2 rings (SSSR count). The first kappa shape index (κ1) is 13.0. The van der Waals surface area contributed by atoms with Crippen LogP contribution in [0, 0.1) is 0 Å². The lowest BCUT2D eigenvalue weighted by atomic mass is 10.1. The minimum absolute atomic E-state index is 0.0320. The second-order valence-electron chi connectivity index (χ2n) is 5.33. The van der Waals surface area contributed by atoms with Crippen LogP contribution in [0.4, 0.5) is 4.79 Å². The monoisotopic (exact) mass is 252 g/mol. The fourth-order valence-corrected chi connectivity index (χ4v) is 2.18. The molecule has 0 radical (unpaired) electrons. The first-order valence-corrected chi connectivity index (χ1v) is 6.18. The number of carbonyl (C=O) groups excluding carboxylic acids is 1. The molecule has 1 aromatic heterocycles. The number of imidazole rings is 1. The predicted molar refractivity (Wildman–Crippen MR) is 67.3 cm³/mol. The molecule has 0 unspecified atom stereocenters. The summed E-state index contributed by atoms with van der Waals surface area (Å²) in [5.74, 6) is 0. The van der Waals surface area contributed by atoms with E-state index in [-0.39, 0.29) is 6.03 Å². The molecule has 100 valence electrons. The predicted octanol–water partition coefficient (Wildman–Crippen LogP) is 0.240. The first-order valence-electron chi connectivity index (χ1n) is 6.18. The van der Waals surface area contributed by atoms with Gasteiger partial charge in [-0.1, -0.05) is 0 Å². The second-order valence-corrected chi connectivity index (χ2v) is 5.33. The van der Waals surface area contributed by atoms with Gasteiger partial charge in [-0.2, -0.15) is 0 Å². The minimum Gasteiger partial charge on any atom is -0.389 e. The molecule has 18 heavy (non-hydrogen) atoms. The number of carbonyl (C=O) groups is 1. The van der Waals surface area contributed by atoms with Gasteiger partial charge in [-0.15, -0.1) is 0 Å². The molecule has 2 heterocycles. The molecule has 6 nitrogen and oxygen atoms in total. The zero-order chi connectivity index (χ0) is 13.2. The van der Waals surface area contributed by atoms with E-state index in [2.05, 4.69) is 9.88 Å². The molecular formula is C12H20N4O2. The van der Waals surface area contributed by atoms with Gasteiger partial charge in [0.25, 0.3) is 0 Å². The van der Waals surface area contributed by atoms with Crippen molar-refractivity contribution in [2.24, 2.45) is 0 Å². The molecule has 1 fully saturated rings. The van der Waals surface area contributed by atoms with Gasteiger partial charge >= 0.3 is 6.03 Å².